The van der Waals surface area contributed by atoms with Crippen molar-refractivity contribution in [2.45, 2.75) is 91.3 Å². The monoisotopic (exact) mass is 492 g/mol. The van der Waals surface area contributed by atoms with Gasteiger partial charge >= 0.3 is 23.9 Å². The van der Waals surface area contributed by atoms with Crippen LogP contribution in [-0.2, 0) is 38.1 Å². The van der Waals surface area contributed by atoms with E-state index in [1.165, 1.54) is 6.92 Å². The topological polar surface area (TPSA) is 125 Å². The molecule has 0 aromatic heterocycles. The van der Waals surface area contributed by atoms with Crippen LogP contribution in [0.3, 0.4) is 0 Å². The van der Waals surface area contributed by atoms with Gasteiger partial charge in [-0.15, -0.1) is 0 Å². The van der Waals surface area contributed by atoms with Crippen molar-refractivity contribution in [3.8, 4) is 0 Å². The molecule has 0 radical (unpaired) electrons. The van der Waals surface area contributed by atoms with Gasteiger partial charge < -0.3 is 24.1 Å². The van der Waals surface area contributed by atoms with Crippen molar-refractivity contribution in [1.29, 1.82) is 0 Å². The number of rotatable bonds is 5. The van der Waals surface area contributed by atoms with Gasteiger partial charge in [0.25, 0.3) is 0 Å². The number of ether oxygens (including phenoxy) is 4. The lowest BCUT2D eigenvalue weighted by Crippen LogP contribution is -2.75. The molecule has 9 heteroatoms. The number of allylic oxidation sites excluding steroid dienone is 1. The van der Waals surface area contributed by atoms with Crippen LogP contribution in [0.25, 0.3) is 0 Å². The van der Waals surface area contributed by atoms with Gasteiger partial charge in [-0.1, -0.05) is 33.4 Å². The van der Waals surface area contributed by atoms with Gasteiger partial charge in [0, 0.05) is 24.0 Å². The molecule has 2 bridgehead atoms. The second-order valence-electron chi connectivity index (χ2n) is 10.6. The van der Waals surface area contributed by atoms with E-state index in [4.69, 9.17) is 18.9 Å². The van der Waals surface area contributed by atoms with Gasteiger partial charge in [0.05, 0.1) is 22.9 Å². The smallest absolute Gasteiger partial charge is 0.334 e. The van der Waals surface area contributed by atoms with Crippen LogP contribution < -0.4 is 0 Å². The first kappa shape index (κ1) is 26.9. The number of fused-ring (bicyclic) bond motifs is 4. The molecule has 1 heterocycles. The van der Waals surface area contributed by atoms with Gasteiger partial charge in [-0.3, -0.25) is 9.59 Å². The molecule has 194 valence electrons. The number of carbonyl (C=O) groups excluding carboxylic acids is 4. The lowest BCUT2D eigenvalue weighted by Gasteiger charge is -2.64. The summed E-state index contributed by atoms with van der Waals surface area (Å²) >= 11 is 0. The van der Waals surface area contributed by atoms with Gasteiger partial charge in [-0.2, -0.15) is 0 Å². The fraction of sp³-hybridized carbons (Fsp3) is 0.692. The number of esters is 4. The van der Waals surface area contributed by atoms with Crippen molar-refractivity contribution in [3.63, 3.8) is 0 Å². The number of hydrogen-bond donors (Lipinski definition) is 1. The Kier molecular flexibility index (Phi) is 7.24. The van der Waals surface area contributed by atoms with E-state index in [0.29, 0.717) is 5.57 Å². The molecule has 0 spiro atoms. The molecule has 0 aromatic rings. The maximum absolute atomic E-state index is 12.9. The summed E-state index contributed by atoms with van der Waals surface area (Å²) in [6.45, 7) is 15.1. The van der Waals surface area contributed by atoms with E-state index in [-0.39, 0.29) is 18.4 Å². The fourth-order valence-corrected chi connectivity index (χ4v) is 5.95. The number of carbonyl (C=O) groups is 4. The largest absolute Gasteiger partial charge is 0.462 e. The highest BCUT2D eigenvalue weighted by Gasteiger charge is 2.72. The summed E-state index contributed by atoms with van der Waals surface area (Å²) in [5.74, 6) is -4.67. The standard InChI is InChI=1S/C26H36O9/c1-9-13(4)23(29)34-19-17-14(5)24(30)35-21(19)26(8)16(32-15(6)27)10-11-25(7,31)20(26)18(17)33-22(28)12(2)3/h9,12,16-21,31H,5,10-11H2,1-4,6-8H3/b13-9-/t16-,17-,18-,19-,20+,21-,25-,26+/m0/s1. The van der Waals surface area contributed by atoms with Gasteiger partial charge in [-0.25, -0.2) is 9.59 Å². The van der Waals surface area contributed by atoms with Crippen molar-refractivity contribution in [1.82, 2.24) is 0 Å². The normalized spacial score (nSPS) is 38.8. The minimum atomic E-state index is -1.37. The Morgan fingerprint density at radius 2 is 1.77 bits per heavy atom. The zero-order chi connectivity index (χ0) is 26.5. The minimum absolute atomic E-state index is 0.00815. The molecule has 0 amide bonds. The Bertz CT molecular complexity index is 962. The zero-order valence-corrected chi connectivity index (χ0v) is 21.5. The van der Waals surface area contributed by atoms with Crippen LogP contribution in [0, 0.1) is 23.2 Å². The second kappa shape index (κ2) is 9.41. The summed E-state index contributed by atoms with van der Waals surface area (Å²) in [5.41, 5.74) is -2.28. The molecule has 1 aliphatic heterocycles. The van der Waals surface area contributed by atoms with E-state index in [0.717, 1.165) is 0 Å². The molecule has 3 fully saturated rings. The van der Waals surface area contributed by atoms with E-state index in [1.54, 1.807) is 47.6 Å². The number of aliphatic hydroxyl groups is 1. The molecule has 1 saturated heterocycles. The van der Waals surface area contributed by atoms with Crippen LogP contribution in [0.4, 0.5) is 0 Å². The maximum Gasteiger partial charge on any atom is 0.334 e. The van der Waals surface area contributed by atoms with Crippen molar-refractivity contribution in [3.05, 3.63) is 23.8 Å². The van der Waals surface area contributed by atoms with Gasteiger partial charge in [0.15, 0.2) is 6.10 Å². The third-order valence-corrected chi connectivity index (χ3v) is 7.82. The Morgan fingerprint density at radius 1 is 1.14 bits per heavy atom. The van der Waals surface area contributed by atoms with Crippen LogP contribution in [0.1, 0.15) is 61.3 Å². The predicted molar refractivity (Wildman–Crippen MR) is 124 cm³/mol. The van der Waals surface area contributed by atoms with E-state index in [1.807, 2.05) is 0 Å². The Balaban J connectivity index is 2.24. The SMILES string of the molecule is C=C1C(=O)O[C@H]2[C@@H](OC(=O)/C(C)=C\C)[C@@H]1[C@H](OC(=O)C(C)C)[C@H]1[C@@]2(C)[C@@H](OC(C)=O)CC[C@]1(C)O. The molecule has 0 aromatic carbocycles. The van der Waals surface area contributed by atoms with E-state index in [9.17, 15) is 24.3 Å². The molecule has 8 atom stereocenters. The molecule has 2 saturated carbocycles. The second-order valence-corrected chi connectivity index (χ2v) is 10.6. The molecule has 3 aliphatic rings. The Hall–Kier alpha value is -2.68. The number of hydrogen-bond acceptors (Lipinski definition) is 9. The first-order valence-electron chi connectivity index (χ1n) is 12.0. The molecular weight excluding hydrogens is 456 g/mol. The third kappa shape index (κ3) is 4.50. The van der Waals surface area contributed by atoms with Gasteiger partial charge in [-0.05, 0) is 33.6 Å². The fourth-order valence-electron chi connectivity index (χ4n) is 5.95. The summed E-state index contributed by atoms with van der Waals surface area (Å²) < 4.78 is 23.3. The van der Waals surface area contributed by atoms with E-state index in [2.05, 4.69) is 6.58 Å². The predicted octanol–water partition coefficient (Wildman–Crippen LogP) is 2.64. The highest BCUT2D eigenvalue weighted by atomic mass is 16.6. The molecule has 3 rings (SSSR count). The van der Waals surface area contributed by atoms with E-state index >= 15 is 0 Å². The Morgan fingerprint density at radius 3 is 2.31 bits per heavy atom. The van der Waals surface area contributed by atoms with Crippen molar-refractivity contribution in [2.24, 2.45) is 23.2 Å². The third-order valence-electron chi connectivity index (χ3n) is 7.82. The molecule has 1 N–H and O–H groups in total. The quantitative estimate of drug-likeness (QED) is 0.350. The summed E-state index contributed by atoms with van der Waals surface area (Å²) in [4.78, 5) is 50.6. The van der Waals surface area contributed by atoms with Crippen molar-refractivity contribution < 1.29 is 43.2 Å². The Labute approximate surface area is 205 Å². The first-order valence-corrected chi connectivity index (χ1v) is 12.0. The van der Waals surface area contributed by atoms with Crippen LogP contribution in [-0.4, -0.2) is 59.0 Å². The molecule has 0 unspecified atom stereocenters. The van der Waals surface area contributed by atoms with Crippen LogP contribution in [0.15, 0.2) is 23.8 Å². The molecule has 2 aliphatic carbocycles. The lowest BCUT2D eigenvalue weighted by atomic mass is 9.48. The van der Waals surface area contributed by atoms with Crippen molar-refractivity contribution >= 4 is 23.9 Å². The average Bonchev–Trinajstić information content (AvgIpc) is 2.75. The van der Waals surface area contributed by atoms with Crippen molar-refractivity contribution in [2.75, 3.05) is 0 Å². The highest BCUT2D eigenvalue weighted by molar-refractivity contribution is 5.91. The summed E-state index contributed by atoms with van der Waals surface area (Å²) in [6, 6.07) is 0. The van der Waals surface area contributed by atoms with Crippen LogP contribution in [0.5, 0.6) is 0 Å². The summed E-state index contributed by atoms with van der Waals surface area (Å²) in [5, 5.41) is 11.6. The molecule has 9 nitrogen and oxygen atoms in total. The van der Waals surface area contributed by atoms with Gasteiger partial charge in [0.2, 0.25) is 0 Å². The maximum atomic E-state index is 12.9. The molecule has 35 heavy (non-hydrogen) atoms. The highest BCUT2D eigenvalue weighted by Crippen LogP contribution is 2.61. The first-order chi connectivity index (χ1) is 16.2. The van der Waals surface area contributed by atoms with Crippen LogP contribution in [0.2, 0.25) is 0 Å². The zero-order valence-electron chi connectivity index (χ0n) is 21.5. The van der Waals surface area contributed by atoms with Gasteiger partial charge in [0.1, 0.15) is 18.3 Å². The average molecular weight is 493 g/mol. The minimum Gasteiger partial charge on any atom is -0.462 e. The molecular formula is C26H36O9. The van der Waals surface area contributed by atoms with Crippen LogP contribution >= 0.6 is 0 Å². The summed E-state index contributed by atoms with van der Waals surface area (Å²) in [6.07, 6.45) is -1.89. The lowest BCUT2D eigenvalue weighted by molar-refractivity contribution is -0.294. The summed E-state index contributed by atoms with van der Waals surface area (Å²) in [7, 11) is 0. The van der Waals surface area contributed by atoms with E-state index < -0.39 is 77.1 Å².